The predicted molar refractivity (Wildman–Crippen MR) is 72.0 cm³/mol. The van der Waals surface area contributed by atoms with Crippen LogP contribution in [0.15, 0.2) is 30.3 Å². The van der Waals surface area contributed by atoms with Crippen molar-refractivity contribution in [2.24, 2.45) is 0 Å². The Morgan fingerprint density at radius 1 is 1.28 bits per heavy atom. The van der Waals surface area contributed by atoms with E-state index in [0.717, 1.165) is 22.8 Å². The Morgan fingerprint density at radius 3 is 2.56 bits per heavy atom. The topological polar surface area (TPSA) is 46.9 Å². The monoisotopic (exact) mass is 243 g/mol. The van der Waals surface area contributed by atoms with Gasteiger partial charge in [0.05, 0.1) is 22.8 Å². The van der Waals surface area contributed by atoms with Crippen LogP contribution < -0.4 is 5.32 Å². The van der Waals surface area contributed by atoms with Gasteiger partial charge in [0.2, 0.25) is 5.91 Å². The van der Waals surface area contributed by atoms with Crippen LogP contribution in [0.25, 0.3) is 5.69 Å². The van der Waals surface area contributed by atoms with Crippen molar-refractivity contribution in [1.82, 2.24) is 9.78 Å². The molecule has 1 N–H and O–H groups in total. The Balaban J connectivity index is 2.41. The summed E-state index contributed by atoms with van der Waals surface area (Å²) in [6.07, 6.45) is 0.468. The molecule has 0 unspecified atom stereocenters. The number of carbonyl (C=O) groups is 1. The molecule has 0 aliphatic heterocycles. The van der Waals surface area contributed by atoms with Crippen LogP contribution in [0.2, 0.25) is 0 Å². The molecule has 1 aromatic heterocycles. The lowest BCUT2D eigenvalue weighted by molar-refractivity contribution is -0.115. The highest BCUT2D eigenvalue weighted by Gasteiger charge is 2.14. The molecule has 2 rings (SSSR count). The van der Waals surface area contributed by atoms with Crippen molar-refractivity contribution < 1.29 is 4.79 Å². The van der Waals surface area contributed by atoms with Crippen LogP contribution in [-0.2, 0) is 4.79 Å². The predicted octanol–water partition coefficient (Wildman–Crippen LogP) is 2.84. The van der Waals surface area contributed by atoms with Crippen molar-refractivity contribution in [2.75, 3.05) is 5.32 Å². The number of hydrogen-bond acceptors (Lipinski definition) is 2. The van der Waals surface area contributed by atoms with Gasteiger partial charge in [-0.2, -0.15) is 5.10 Å². The van der Waals surface area contributed by atoms with Crippen molar-refractivity contribution in [3.05, 3.63) is 41.7 Å². The van der Waals surface area contributed by atoms with Gasteiger partial charge in [-0.3, -0.25) is 4.79 Å². The van der Waals surface area contributed by atoms with Crippen molar-refractivity contribution in [1.29, 1.82) is 0 Å². The molecule has 0 radical (unpaired) electrons. The summed E-state index contributed by atoms with van der Waals surface area (Å²) in [5.41, 5.74) is 3.58. The Kier molecular flexibility index (Phi) is 3.46. The molecule has 0 fully saturated rings. The fraction of sp³-hybridized carbons (Fsp3) is 0.286. The van der Waals surface area contributed by atoms with E-state index in [1.807, 2.05) is 55.8 Å². The molecule has 1 aromatic carbocycles. The molecule has 0 saturated heterocycles. The molecule has 0 aliphatic carbocycles. The number of para-hydroxylation sites is 1. The molecule has 0 atom stereocenters. The number of amides is 1. The van der Waals surface area contributed by atoms with E-state index in [1.165, 1.54) is 0 Å². The third-order valence-corrected chi connectivity index (χ3v) is 2.88. The van der Waals surface area contributed by atoms with Gasteiger partial charge < -0.3 is 5.32 Å². The number of aryl methyl sites for hydroxylation is 1. The number of nitrogens with zero attached hydrogens (tertiary/aromatic N) is 2. The summed E-state index contributed by atoms with van der Waals surface area (Å²) in [5, 5.41) is 7.37. The second-order valence-corrected chi connectivity index (χ2v) is 4.19. The number of carbonyl (C=O) groups excluding carboxylic acids is 1. The summed E-state index contributed by atoms with van der Waals surface area (Å²) in [5.74, 6) is 0.00816. The molecule has 0 saturated carbocycles. The summed E-state index contributed by atoms with van der Waals surface area (Å²) in [4.78, 5) is 11.5. The minimum atomic E-state index is 0.00816. The van der Waals surface area contributed by atoms with E-state index in [-0.39, 0.29) is 5.91 Å². The molecular formula is C14H17N3O. The summed E-state index contributed by atoms with van der Waals surface area (Å²) < 4.78 is 1.85. The van der Waals surface area contributed by atoms with Crippen molar-refractivity contribution in [3.8, 4) is 5.69 Å². The first kappa shape index (κ1) is 12.4. The molecule has 2 aromatic rings. The molecule has 0 bridgehead atoms. The van der Waals surface area contributed by atoms with E-state index in [1.54, 1.807) is 0 Å². The van der Waals surface area contributed by atoms with Crippen LogP contribution >= 0.6 is 0 Å². The van der Waals surface area contributed by atoms with Crippen LogP contribution in [0.5, 0.6) is 0 Å². The lowest BCUT2D eigenvalue weighted by Gasteiger charge is -2.06. The number of benzene rings is 1. The van der Waals surface area contributed by atoms with Crippen molar-refractivity contribution in [3.63, 3.8) is 0 Å². The van der Waals surface area contributed by atoms with Gasteiger partial charge in [-0.15, -0.1) is 0 Å². The molecule has 0 aliphatic rings. The first-order valence-corrected chi connectivity index (χ1v) is 6.05. The zero-order chi connectivity index (χ0) is 13.1. The van der Waals surface area contributed by atoms with E-state index in [4.69, 9.17) is 0 Å². The maximum atomic E-state index is 11.5. The highest BCUT2D eigenvalue weighted by molar-refractivity contribution is 5.91. The van der Waals surface area contributed by atoms with Crippen molar-refractivity contribution >= 4 is 11.6 Å². The number of aromatic nitrogens is 2. The fourth-order valence-electron chi connectivity index (χ4n) is 1.87. The van der Waals surface area contributed by atoms with E-state index in [9.17, 15) is 4.79 Å². The van der Waals surface area contributed by atoms with Gasteiger partial charge in [-0.05, 0) is 26.0 Å². The maximum absolute atomic E-state index is 11.5. The van der Waals surface area contributed by atoms with E-state index in [2.05, 4.69) is 10.4 Å². The van der Waals surface area contributed by atoms with Gasteiger partial charge in [-0.25, -0.2) is 4.68 Å². The van der Waals surface area contributed by atoms with Crippen LogP contribution in [0, 0.1) is 13.8 Å². The Labute approximate surface area is 107 Å². The molecule has 1 heterocycles. The van der Waals surface area contributed by atoms with Gasteiger partial charge in [0.25, 0.3) is 0 Å². The first-order valence-electron chi connectivity index (χ1n) is 6.05. The Hall–Kier alpha value is -2.10. The van der Waals surface area contributed by atoms with Crippen molar-refractivity contribution in [2.45, 2.75) is 27.2 Å². The van der Waals surface area contributed by atoms with Gasteiger partial charge in [0, 0.05) is 6.42 Å². The maximum Gasteiger partial charge on any atom is 0.224 e. The average molecular weight is 243 g/mol. The number of anilines is 1. The summed E-state index contributed by atoms with van der Waals surface area (Å²) >= 11 is 0. The standard InChI is InChI=1S/C14H17N3O/c1-4-13(18)15-14-10(2)16-17(11(14)3)12-8-6-5-7-9-12/h5-9H,4H2,1-3H3,(H,15,18). The number of hydrogen-bond donors (Lipinski definition) is 1. The third kappa shape index (κ3) is 2.27. The Morgan fingerprint density at radius 2 is 1.94 bits per heavy atom. The molecule has 4 nitrogen and oxygen atoms in total. The minimum absolute atomic E-state index is 0.00816. The molecular weight excluding hydrogens is 226 g/mol. The van der Waals surface area contributed by atoms with Gasteiger partial charge in [0.1, 0.15) is 0 Å². The quantitative estimate of drug-likeness (QED) is 0.901. The van der Waals surface area contributed by atoms with Crippen LogP contribution in [0.3, 0.4) is 0 Å². The van der Waals surface area contributed by atoms with Gasteiger partial charge in [-0.1, -0.05) is 25.1 Å². The molecule has 94 valence electrons. The molecule has 18 heavy (non-hydrogen) atoms. The SMILES string of the molecule is CCC(=O)Nc1c(C)nn(-c2ccccc2)c1C. The second-order valence-electron chi connectivity index (χ2n) is 4.19. The fourth-order valence-corrected chi connectivity index (χ4v) is 1.87. The van der Waals surface area contributed by atoms with Crippen LogP contribution in [-0.4, -0.2) is 15.7 Å². The number of rotatable bonds is 3. The lowest BCUT2D eigenvalue weighted by Crippen LogP contribution is -2.11. The number of nitrogens with one attached hydrogen (secondary N) is 1. The van der Waals surface area contributed by atoms with Gasteiger partial charge >= 0.3 is 0 Å². The lowest BCUT2D eigenvalue weighted by atomic mass is 10.3. The zero-order valence-electron chi connectivity index (χ0n) is 10.9. The third-order valence-electron chi connectivity index (χ3n) is 2.88. The first-order chi connectivity index (χ1) is 8.63. The van der Waals surface area contributed by atoms with Crippen LogP contribution in [0.1, 0.15) is 24.7 Å². The van der Waals surface area contributed by atoms with Crippen LogP contribution in [0.4, 0.5) is 5.69 Å². The van der Waals surface area contributed by atoms with Gasteiger partial charge in [0.15, 0.2) is 0 Å². The summed E-state index contributed by atoms with van der Waals surface area (Å²) in [7, 11) is 0. The molecule has 1 amide bonds. The normalized spacial score (nSPS) is 10.4. The molecule has 0 spiro atoms. The highest BCUT2D eigenvalue weighted by Crippen LogP contribution is 2.22. The van der Waals surface area contributed by atoms with E-state index in [0.29, 0.717) is 6.42 Å². The summed E-state index contributed by atoms with van der Waals surface area (Å²) in [6.45, 7) is 5.69. The largest absolute Gasteiger partial charge is 0.323 e. The zero-order valence-corrected chi connectivity index (χ0v) is 10.9. The second kappa shape index (κ2) is 5.04. The van der Waals surface area contributed by atoms with E-state index >= 15 is 0 Å². The van der Waals surface area contributed by atoms with E-state index < -0.39 is 0 Å². The Bertz CT molecular complexity index is 558. The minimum Gasteiger partial charge on any atom is -0.323 e. The summed E-state index contributed by atoms with van der Waals surface area (Å²) in [6, 6.07) is 9.89. The smallest absolute Gasteiger partial charge is 0.224 e. The average Bonchev–Trinajstić information content (AvgIpc) is 2.67. The molecule has 4 heteroatoms. The highest BCUT2D eigenvalue weighted by atomic mass is 16.1.